The molecule has 1 aromatic carbocycles. The van der Waals surface area contributed by atoms with E-state index in [1.54, 1.807) is 30.3 Å². The van der Waals surface area contributed by atoms with Gasteiger partial charge in [0.1, 0.15) is 5.75 Å². The number of nitrogen functional groups attached to an aromatic ring is 1. The molecular formula is C12H12N2O2. The maximum atomic E-state index is 9.68. The van der Waals surface area contributed by atoms with E-state index < -0.39 is 0 Å². The highest BCUT2D eigenvalue weighted by molar-refractivity contribution is 5.69. The molecule has 0 unspecified atom stereocenters. The van der Waals surface area contributed by atoms with Crippen molar-refractivity contribution in [3.05, 3.63) is 36.4 Å². The number of hydrogen-bond donors (Lipinski definition) is 2. The number of hydrogen-bond acceptors (Lipinski definition) is 4. The van der Waals surface area contributed by atoms with E-state index in [0.717, 1.165) is 0 Å². The van der Waals surface area contributed by atoms with Gasteiger partial charge in [0.2, 0.25) is 5.88 Å². The summed E-state index contributed by atoms with van der Waals surface area (Å²) in [5.41, 5.74) is 7.42. The van der Waals surface area contributed by atoms with Crippen LogP contribution < -0.4 is 10.5 Å². The lowest BCUT2D eigenvalue weighted by Crippen LogP contribution is -1.96. The van der Waals surface area contributed by atoms with E-state index in [4.69, 9.17) is 10.5 Å². The van der Waals surface area contributed by atoms with E-state index in [1.807, 2.05) is 6.07 Å². The van der Waals surface area contributed by atoms with Crippen molar-refractivity contribution in [3.63, 3.8) is 0 Å². The van der Waals surface area contributed by atoms with E-state index in [9.17, 15) is 5.11 Å². The zero-order valence-corrected chi connectivity index (χ0v) is 8.84. The van der Waals surface area contributed by atoms with Crippen LogP contribution in [0, 0.1) is 0 Å². The highest BCUT2D eigenvalue weighted by Gasteiger charge is 2.07. The van der Waals surface area contributed by atoms with Gasteiger partial charge in [0.25, 0.3) is 0 Å². The van der Waals surface area contributed by atoms with Crippen LogP contribution >= 0.6 is 0 Å². The summed E-state index contributed by atoms with van der Waals surface area (Å²) in [4.78, 5) is 4.21. The van der Waals surface area contributed by atoms with Gasteiger partial charge in [-0.15, -0.1) is 0 Å². The van der Waals surface area contributed by atoms with Crippen LogP contribution in [0.1, 0.15) is 0 Å². The molecule has 0 spiro atoms. The smallest absolute Gasteiger partial charge is 0.237 e. The molecule has 4 nitrogen and oxygen atoms in total. The maximum Gasteiger partial charge on any atom is 0.237 e. The van der Waals surface area contributed by atoms with Crippen LogP contribution in [0.4, 0.5) is 5.69 Å². The minimum atomic E-state index is 0.182. The normalized spacial score (nSPS) is 10.1. The predicted molar refractivity (Wildman–Crippen MR) is 62.3 cm³/mol. The highest BCUT2D eigenvalue weighted by atomic mass is 16.5. The lowest BCUT2D eigenvalue weighted by atomic mass is 10.1. The molecule has 1 aromatic heterocycles. The maximum absolute atomic E-state index is 9.68. The standard InChI is InChI=1S/C12H12N2O2/c1-16-12-9(13)6-7-10(14-12)8-4-2-3-5-11(8)15/h2-7,15H,13H2,1H3. The molecular weight excluding hydrogens is 204 g/mol. The second kappa shape index (κ2) is 4.10. The van der Waals surface area contributed by atoms with E-state index >= 15 is 0 Å². The van der Waals surface area contributed by atoms with Crippen molar-refractivity contribution in [2.24, 2.45) is 0 Å². The Labute approximate surface area is 93.3 Å². The molecule has 0 amide bonds. The van der Waals surface area contributed by atoms with Gasteiger partial charge in [0.05, 0.1) is 18.5 Å². The topological polar surface area (TPSA) is 68.4 Å². The summed E-state index contributed by atoms with van der Waals surface area (Å²) < 4.78 is 5.03. The molecule has 0 aliphatic heterocycles. The van der Waals surface area contributed by atoms with Crippen LogP contribution in [0.5, 0.6) is 11.6 Å². The third kappa shape index (κ3) is 1.77. The van der Waals surface area contributed by atoms with Crippen LogP contribution in [0.3, 0.4) is 0 Å². The quantitative estimate of drug-likeness (QED) is 0.806. The van der Waals surface area contributed by atoms with Gasteiger partial charge in [-0.1, -0.05) is 12.1 Å². The third-order valence-corrected chi connectivity index (χ3v) is 2.26. The second-order valence-corrected chi connectivity index (χ2v) is 3.31. The Morgan fingerprint density at radius 3 is 2.62 bits per heavy atom. The van der Waals surface area contributed by atoms with Gasteiger partial charge in [-0.2, -0.15) is 0 Å². The SMILES string of the molecule is COc1nc(-c2ccccc2O)ccc1N. The number of phenolic OH excluding ortho intramolecular Hbond substituents is 1. The number of aromatic hydroxyl groups is 1. The number of nitrogens with zero attached hydrogens (tertiary/aromatic N) is 1. The van der Waals surface area contributed by atoms with Gasteiger partial charge in [0.15, 0.2) is 0 Å². The van der Waals surface area contributed by atoms with Crippen LogP contribution in [0.15, 0.2) is 36.4 Å². The number of phenols is 1. The van der Waals surface area contributed by atoms with Gasteiger partial charge in [-0.25, -0.2) is 4.98 Å². The van der Waals surface area contributed by atoms with Gasteiger partial charge < -0.3 is 15.6 Å². The van der Waals surface area contributed by atoms with Crippen molar-refractivity contribution in [2.45, 2.75) is 0 Å². The molecule has 4 heteroatoms. The average molecular weight is 216 g/mol. The molecule has 0 fully saturated rings. The van der Waals surface area contributed by atoms with Crippen LogP contribution in [-0.2, 0) is 0 Å². The number of benzene rings is 1. The summed E-state index contributed by atoms with van der Waals surface area (Å²) in [6.07, 6.45) is 0. The number of nitrogens with two attached hydrogens (primary N) is 1. The summed E-state index contributed by atoms with van der Waals surface area (Å²) >= 11 is 0. The fraction of sp³-hybridized carbons (Fsp3) is 0.0833. The number of aromatic nitrogens is 1. The van der Waals surface area contributed by atoms with Crippen LogP contribution in [-0.4, -0.2) is 17.2 Å². The van der Waals surface area contributed by atoms with Crippen molar-refractivity contribution in [1.29, 1.82) is 0 Å². The Hall–Kier alpha value is -2.23. The number of methoxy groups -OCH3 is 1. The summed E-state index contributed by atoms with van der Waals surface area (Å²) in [5.74, 6) is 0.544. The summed E-state index contributed by atoms with van der Waals surface area (Å²) in [7, 11) is 1.51. The first-order valence-corrected chi connectivity index (χ1v) is 4.81. The Kier molecular flexibility index (Phi) is 2.64. The number of anilines is 1. The average Bonchev–Trinajstić information content (AvgIpc) is 2.31. The van der Waals surface area contributed by atoms with Gasteiger partial charge in [-0.3, -0.25) is 0 Å². The number of ether oxygens (including phenoxy) is 1. The molecule has 0 aliphatic rings. The second-order valence-electron chi connectivity index (χ2n) is 3.31. The Morgan fingerprint density at radius 1 is 1.19 bits per heavy atom. The molecule has 0 radical (unpaired) electrons. The zero-order valence-electron chi connectivity index (χ0n) is 8.84. The van der Waals surface area contributed by atoms with Crippen molar-refractivity contribution in [3.8, 4) is 22.9 Å². The fourth-order valence-corrected chi connectivity index (χ4v) is 1.45. The van der Waals surface area contributed by atoms with Gasteiger partial charge in [0, 0.05) is 5.56 Å². The minimum Gasteiger partial charge on any atom is -0.507 e. The number of pyridine rings is 1. The monoisotopic (exact) mass is 216 g/mol. The van der Waals surface area contributed by atoms with E-state index in [1.165, 1.54) is 7.11 Å². The summed E-state index contributed by atoms with van der Waals surface area (Å²) in [6.45, 7) is 0. The highest BCUT2D eigenvalue weighted by Crippen LogP contribution is 2.30. The zero-order chi connectivity index (χ0) is 11.5. The first-order chi connectivity index (χ1) is 7.72. The number of rotatable bonds is 2. The van der Waals surface area contributed by atoms with E-state index in [-0.39, 0.29) is 5.75 Å². The minimum absolute atomic E-state index is 0.182. The lowest BCUT2D eigenvalue weighted by molar-refractivity contribution is 0.400. The molecule has 2 rings (SSSR count). The Bertz CT molecular complexity index is 512. The fourth-order valence-electron chi connectivity index (χ4n) is 1.45. The Morgan fingerprint density at radius 2 is 1.94 bits per heavy atom. The molecule has 0 saturated heterocycles. The molecule has 0 atom stereocenters. The van der Waals surface area contributed by atoms with Crippen LogP contribution in [0.25, 0.3) is 11.3 Å². The first kappa shape index (κ1) is 10.3. The molecule has 0 bridgehead atoms. The molecule has 0 saturated carbocycles. The predicted octanol–water partition coefficient (Wildman–Crippen LogP) is 2.04. The molecule has 16 heavy (non-hydrogen) atoms. The molecule has 1 heterocycles. The van der Waals surface area contributed by atoms with Crippen molar-refractivity contribution >= 4 is 5.69 Å². The molecule has 2 aromatic rings. The lowest BCUT2D eigenvalue weighted by Gasteiger charge is -2.07. The van der Waals surface area contributed by atoms with Crippen LogP contribution in [0.2, 0.25) is 0 Å². The van der Waals surface area contributed by atoms with Crippen molar-refractivity contribution in [1.82, 2.24) is 4.98 Å². The first-order valence-electron chi connectivity index (χ1n) is 4.81. The summed E-state index contributed by atoms with van der Waals surface area (Å²) in [5, 5.41) is 9.68. The molecule has 3 N–H and O–H groups in total. The van der Waals surface area contributed by atoms with Crippen molar-refractivity contribution < 1.29 is 9.84 Å². The third-order valence-electron chi connectivity index (χ3n) is 2.26. The Balaban J connectivity index is 2.53. The number of para-hydroxylation sites is 1. The van der Waals surface area contributed by atoms with E-state index in [2.05, 4.69) is 4.98 Å². The van der Waals surface area contributed by atoms with Crippen molar-refractivity contribution in [2.75, 3.05) is 12.8 Å². The van der Waals surface area contributed by atoms with Gasteiger partial charge >= 0.3 is 0 Å². The molecule has 82 valence electrons. The summed E-state index contributed by atoms with van der Waals surface area (Å²) in [6, 6.07) is 10.4. The van der Waals surface area contributed by atoms with Gasteiger partial charge in [-0.05, 0) is 24.3 Å². The van der Waals surface area contributed by atoms with E-state index in [0.29, 0.717) is 22.8 Å². The largest absolute Gasteiger partial charge is 0.507 e. The molecule has 0 aliphatic carbocycles.